The van der Waals surface area contributed by atoms with E-state index in [2.05, 4.69) is 0 Å². The monoisotopic (exact) mass is 338 g/mol. The molecule has 132 valence electrons. The Labute approximate surface area is 141 Å². The number of nitrogens with zero attached hydrogens (tertiary/aromatic N) is 2. The highest BCUT2D eigenvalue weighted by atomic mass is 19.1. The molecule has 0 aromatic heterocycles. The number of carbonyl (C=O) groups is 1. The van der Waals surface area contributed by atoms with E-state index in [1.165, 1.54) is 6.07 Å². The van der Waals surface area contributed by atoms with Crippen LogP contribution in [0.4, 0.5) is 8.78 Å². The number of aliphatic hydroxyl groups excluding tert-OH is 1. The molecule has 1 atom stereocenters. The molecule has 0 spiro atoms. The largest absolute Gasteiger partial charge is 0.387 e. The molecular formula is C18H24F2N2O2. The Morgan fingerprint density at radius 3 is 2.46 bits per heavy atom. The first-order chi connectivity index (χ1) is 11.5. The predicted molar refractivity (Wildman–Crippen MR) is 86.3 cm³/mol. The van der Waals surface area contributed by atoms with Gasteiger partial charge in [0.15, 0.2) is 0 Å². The van der Waals surface area contributed by atoms with Gasteiger partial charge in [0, 0.05) is 50.3 Å². The van der Waals surface area contributed by atoms with Gasteiger partial charge in [0.05, 0.1) is 6.10 Å². The Morgan fingerprint density at radius 1 is 1.17 bits per heavy atom. The van der Waals surface area contributed by atoms with Gasteiger partial charge in [-0.2, -0.15) is 0 Å². The topological polar surface area (TPSA) is 43.8 Å². The number of β-amino-alcohol motifs (C(OH)–C–C–N with tert-alkyl or cyclic N) is 1. The van der Waals surface area contributed by atoms with Gasteiger partial charge in [-0.3, -0.25) is 9.69 Å². The lowest BCUT2D eigenvalue weighted by Crippen LogP contribution is -2.50. The van der Waals surface area contributed by atoms with Crippen LogP contribution in [0.5, 0.6) is 0 Å². The van der Waals surface area contributed by atoms with Crippen molar-refractivity contribution in [1.29, 1.82) is 0 Å². The number of amides is 1. The molecule has 1 heterocycles. The zero-order valence-corrected chi connectivity index (χ0v) is 13.8. The van der Waals surface area contributed by atoms with Crippen LogP contribution >= 0.6 is 0 Å². The van der Waals surface area contributed by atoms with E-state index in [1.807, 2.05) is 9.80 Å². The predicted octanol–water partition coefficient (Wildman–Crippen LogP) is 2.33. The maximum absolute atomic E-state index is 13.7. The lowest BCUT2D eigenvalue weighted by atomic mass is 10.1. The molecule has 1 amide bonds. The van der Waals surface area contributed by atoms with Crippen molar-refractivity contribution in [3.63, 3.8) is 0 Å². The van der Waals surface area contributed by atoms with Crippen molar-refractivity contribution in [2.45, 2.75) is 31.8 Å². The minimum absolute atomic E-state index is 0.112. The quantitative estimate of drug-likeness (QED) is 0.916. The van der Waals surface area contributed by atoms with E-state index < -0.39 is 17.7 Å². The van der Waals surface area contributed by atoms with Crippen molar-refractivity contribution in [2.75, 3.05) is 32.7 Å². The number of hydrogen-bond acceptors (Lipinski definition) is 3. The summed E-state index contributed by atoms with van der Waals surface area (Å²) in [7, 11) is 0. The van der Waals surface area contributed by atoms with Crippen molar-refractivity contribution in [1.82, 2.24) is 9.80 Å². The molecule has 2 fully saturated rings. The summed E-state index contributed by atoms with van der Waals surface area (Å²) >= 11 is 0. The first-order valence-corrected chi connectivity index (χ1v) is 8.69. The van der Waals surface area contributed by atoms with Crippen molar-refractivity contribution in [3.8, 4) is 0 Å². The Hall–Kier alpha value is -1.53. The summed E-state index contributed by atoms with van der Waals surface area (Å²) in [6, 6.07) is 3.23. The molecule has 1 unspecified atom stereocenters. The van der Waals surface area contributed by atoms with E-state index in [0.29, 0.717) is 26.2 Å². The third-order valence-corrected chi connectivity index (χ3v) is 5.14. The van der Waals surface area contributed by atoms with E-state index in [4.69, 9.17) is 0 Å². The highest BCUT2D eigenvalue weighted by molar-refractivity contribution is 5.79. The normalized spacial score (nSPS) is 21.2. The van der Waals surface area contributed by atoms with E-state index in [9.17, 15) is 18.7 Å². The van der Waals surface area contributed by atoms with E-state index in [-0.39, 0.29) is 23.9 Å². The van der Waals surface area contributed by atoms with Crippen LogP contribution in [0, 0.1) is 17.6 Å². The van der Waals surface area contributed by atoms with Crippen LogP contribution < -0.4 is 0 Å². The minimum Gasteiger partial charge on any atom is -0.387 e. The van der Waals surface area contributed by atoms with Gasteiger partial charge in [-0.05, 0) is 18.9 Å². The SMILES string of the molecule is O=C(C1CCCC1)N1CCN(CC(O)c2ccc(F)cc2F)CC1. The van der Waals surface area contributed by atoms with Crippen LogP contribution in [-0.4, -0.2) is 53.5 Å². The summed E-state index contributed by atoms with van der Waals surface area (Å²) in [6.45, 7) is 2.91. The van der Waals surface area contributed by atoms with Crippen LogP contribution in [0.1, 0.15) is 37.4 Å². The highest BCUT2D eigenvalue weighted by Crippen LogP contribution is 2.27. The lowest BCUT2D eigenvalue weighted by molar-refractivity contribution is -0.137. The van der Waals surface area contributed by atoms with Gasteiger partial charge in [0.1, 0.15) is 11.6 Å². The molecule has 2 aliphatic rings. The number of carbonyl (C=O) groups excluding carboxylic acids is 1. The van der Waals surface area contributed by atoms with Gasteiger partial charge in [0.25, 0.3) is 0 Å². The second kappa shape index (κ2) is 7.57. The van der Waals surface area contributed by atoms with Crippen LogP contribution in [0.25, 0.3) is 0 Å². The number of halogens is 2. The molecule has 1 N–H and O–H groups in total. The highest BCUT2D eigenvalue weighted by Gasteiger charge is 2.30. The van der Waals surface area contributed by atoms with Gasteiger partial charge < -0.3 is 10.0 Å². The zero-order chi connectivity index (χ0) is 17.1. The second-order valence-corrected chi connectivity index (χ2v) is 6.79. The van der Waals surface area contributed by atoms with Gasteiger partial charge in [-0.1, -0.05) is 18.9 Å². The molecule has 3 rings (SSSR count). The second-order valence-electron chi connectivity index (χ2n) is 6.79. The lowest BCUT2D eigenvalue weighted by Gasteiger charge is -2.36. The minimum atomic E-state index is -0.998. The molecule has 1 saturated carbocycles. The molecule has 1 aliphatic carbocycles. The Bertz CT molecular complexity index is 582. The summed E-state index contributed by atoms with van der Waals surface area (Å²) in [5.41, 5.74) is 0.112. The summed E-state index contributed by atoms with van der Waals surface area (Å²) in [4.78, 5) is 16.3. The summed E-state index contributed by atoms with van der Waals surface area (Å²) < 4.78 is 26.7. The number of hydrogen-bond donors (Lipinski definition) is 1. The molecular weight excluding hydrogens is 314 g/mol. The number of aliphatic hydroxyl groups is 1. The number of piperazine rings is 1. The van der Waals surface area contributed by atoms with E-state index >= 15 is 0 Å². The zero-order valence-electron chi connectivity index (χ0n) is 13.8. The van der Waals surface area contributed by atoms with Crippen molar-refractivity contribution < 1.29 is 18.7 Å². The summed E-state index contributed by atoms with van der Waals surface area (Å²) in [6.07, 6.45) is 3.29. The number of benzene rings is 1. The molecule has 1 saturated heterocycles. The maximum Gasteiger partial charge on any atom is 0.225 e. The van der Waals surface area contributed by atoms with Crippen molar-refractivity contribution in [2.24, 2.45) is 5.92 Å². The van der Waals surface area contributed by atoms with Crippen LogP contribution in [0.2, 0.25) is 0 Å². The van der Waals surface area contributed by atoms with Crippen LogP contribution in [-0.2, 0) is 4.79 Å². The molecule has 24 heavy (non-hydrogen) atoms. The van der Waals surface area contributed by atoms with Gasteiger partial charge in [-0.25, -0.2) is 8.78 Å². The Morgan fingerprint density at radius 2 is 1.83 bits per heavy atom. The molecule has 4 nitrogen and oxygen atoms in total. The summed E-state index contributed by atoms with van der Waals surface area (Å²) in [5.74, 6) is -0.923. The van der Waals surface area contributed by atoms with Gasteiger partial charge >= 0.3 is 0 Å². The first kappa shape index (κ1) is 17.3. The third kappa shape index (κ3) is 3.92. The molecule has 0 radical (unpaired) electrons. The Balaban J connectivity index is 1.50. The van der Waals surface area contributed by atoms with Gasteiger partial charge in [-0.15, -0.1) is 0 Å². The third-order valence-electron chi connectivity index (χ3n) is 5.14. The first-order valence-electron chi connectivity index (χ1n) is 8.69. The average molecular weight is 338 g/mol. The fourth-order valence-electron chi connectivity index (χ4n) is 3.70. The van der Waals surface area contributed by atoms with E-state index in [0.717, 1.165) is 37.8 Å². The molecule has 1 aliphatic heterocycles. The fourth-order valence-corrected chi connectivity index (χ4v) is 3.70. The van der Waals surface area contributed by atoms with E-state index in [1.54, 1.807) is 0 Å². The molecule has 0 bridgehead atoms. The molecule has 1 aromatic rings. The smallest absolute Gasteiger partial charge is 0.225 e. The fraction of sp³-hybridized carbons (Fsp3) is 0.611. The molecule has 1 aromatic carbocycles. The summed E-state index contributed by atoms with van der Waals surface area (Å²) in [5, 5.41) is 10.2. The van der Waals surface area contributed by atoms with Crippen molar-refractivity contribution in [3.05, 3.63) is 35.4 Å². The molecule has 6 heteroatoms. The van der Waals surface area contributed by atoms with Crippen LogP contribution in [0.15, 0.2) is 18.2 Å². The Kier molecular flexibility index (Phi) is 5.46. The van der Waals surface area contributed by atoms with Gasteiger partial charge in [0.2, 0.25) is 5.91 Å². The maximum atomic E-state index is 13.7. The average Bonchev–Trinajstić information content (AvgIpc) is 3.09. The number of rotatable bonds is 4. The van der Waals surface area contributed by atoms with Crippen molar-refractivity contribution >= 4 is 5.91 Å². The standard InChI is InChI=1S/C18H24F2N2O2/c19-14-5-6-15(16(20)11-14)17(23)12-21-7-9-22(10-8-21)18(24)13-3-1-2-4-13/h5-6,11,13,17,23H,1-4,7-10,12H2. The van der Waals surface area contributed by atoms with Crippen LogP contribution in [0.3, 0.4) is 0 Å².